The van der Waals surface area contributed by atoms with Gasteiger partial charge < -0.3 is 19.3 Å². The summed E-state index contributed by atoms with van der Waals surface area (Å²) >= 11 is 1.39. The molecule has 3 aliphatic rings. The number of likely N-dealkylation sites (tertiary alicyclic amines) is 1. The first kappa shape index (κ1) is 21.4. The monoisotopic (exact) mass is 481 g/mol. The number of piperidine rings is 2. The minimum absolute atomic E-state index is 0.0958. The molecule has 0 unspecified atom stereocenters. The molecule has 2 saturated heterocycles. The van der Waals surface area contributed by atoms with Crippen molar-refractivity contribution in [2.24, 2.45) is 5.92 Å². The number of carbonyl (C=O) groups is 1. The van der Waals surface area contributed by atoms with Gasteiger partial charge in [-0.15, -0.1) is 0 Å². The molecule has 0 radical (unpaired) electrons. The highest BCUT2D eigenvalue weighted by Crippen LogP contribution is 2.33. The molecule has 3 aromatic rings. The van der Waals surface area contributed by atoms with E-state index in [1.165, 1.54) is 17.8 Å². The Morgan fingerprint density at radius 2 is 1.85 bits per heavy atom. The molecular weight excluding hydrogens is 454 g/mol. The summed E-state index contributed by atoms with van der Waals surface area (Å²) in [5.74, 6) is 1.83. The van der Waals surface area contributed by atoms with Crippen LogP contribution >= 0.6 is 11.3 Å². The maximum atomic E-state index is 13.1. The highest BCUT2D eigenvalue weighted by Gasteiger charge is 2.30. The van der Waals surface area contributed by atoms with Crippen molar-refractivity contribution in [3.05, 3.63) is 40.4 Å². The van der Waals surface area contributed by atoms with Crippen LogP contribution in [0.1, 0.15) is 37.7 Å². The zero-order valence-corrected chi connectivity index (χ0v) is 19.8. The maximum Gasteiger partial charge on any atom is 0.273 e. The van der Waals surface area contributed by atoms with E-state index < -0.39 is 0 Å². The Balaban J connectivity index is 1.15. The smallest absolute Gasteiger partial charge is 0.273 e. The van der Waals surface area contributed by atoms with E-state index in [9.17, 15) is 9.59 Å². The molecule has 1 amide bonds. The molecule has 34 heavy (non-hydrogen) atoms. The summed E-state index contributed by atoms with van der Waals surface area (Å²) in [5, 5.41) is 0.810. The summed E-state index contributed by atoms with van der Waals surface area (Å²) in [4.78, 5) is 39.3. The van der Waals surface area contributed by atoms with Crippen LogP contribution < -0.4 is 19.9 Å². The number of nitrogens with zero attached hydrogens (tertiary/aromatic N) is 5. The lowest BCUT2D eigenvalue weighted by Gasteiger charge is -2.35. The molecule has 0 bridgehead atoms. The second-order valence-corrected chi connectivity index (χ2v) is 10.1. The predicted molar refractivity (Wildman–Crippen MR) is 129 cm³/mol. The Bertz CT molecular complexity index is 1270. The van der Waals surface area contributed by atoms with Crippen LogP contribution in [-0.2, 0) is 11.3 Å². The quantitative estimate of drug-likeness (QED) is 0.566. The van der Waals surface area contributed by atoms with E-state index in [0.29, 0.717) is 28.5 Å². The van der Waals surface area contributed by atoms with Crippen LogP contribution in [0.25, 0.3) is 10.3 Å². The summed E-state index contributed by atoms with van der Waals surface area (Å²) < 4.78 is 13.0. The number of hydrogen-bond donors (Lipinski definition) is 0. The van der Waals surface area contributed by atoms with Crippen LogP contribution in [0.3, 0.4) is 0 Å². The Hall–Kier alpha value is -3.14. The third-order valence-electron chi connectivity index (χ3n) is 6.94. The van der Waals surface area contributed by atoms with Gasteiger partial charge in [0.2, 0.25) is 12.7 Å². The van der Waals surface area contributed by atoms with Crippen LogP contribution in [0.2, 0.25) is 0 Å². The SMILES string of the molecule is O=C(C1CCN(c2nc3ncn(Cc4ccc5c(c4)OCO5)c(=O)c3s2)CC1)N1CCCCC1. The number of thiazole rings is 1. The van der Waals surface area contributed by atoms with Crippen molar-refractivity contribution in [3.8, 4) is 11.5 Å². The number of amides is 1. The van der Waals surface area contributed by atoms with E-state index in [4.69, 9.17) is 9.47 Å². The van der Waals surface area contributed by atoms with Crippen molar-refractivity contribution in [3.63, 3.8) is 0 Å². The molecule has 9 nitrogen and oxygen atoms in total. The normalized spacial score (nSPS) is 18.6. The minimum Gasteiger partial charge on any atom is -0.454 e. The van der Waals surface area contributed by atoms with Crippen LogP contribution in [0.15, 0.2) is 29.3 Å². The molecule has 178 valence electrons. The number of aromatic nitrogens is 3. The Kier molecular flexibility index (Phi) is 5.60. The molecule has 3 aliphatic heterocycles. The fourth-order valence-electron chi connectivity index (χ4n) is 5.01. The van der Waals surface area contributed by atoms with Crippen molar-refractivity contribution in [1.29, 1.82) is 0 Å². The number of carbonyl (C=O) groups excluding carboxylic acids is 1. The molecule has 0 aliphatic carbocycles. The van der Waals surface area contributed by atoms with E-state index in [2.05, 4.69) is 14.9 Å². The van der Waals surface area contributed by atoms with Gasteiger partial charge in [-0.1, -0.05) is 17.4 Å². The predicted octanol–water partition coefficient (Wildman–Crippen LogP) is 2.86. The van der Waals surface area contributed by atoms with Crippen LogP contribution in [0, 0.1) is 5.92 Å². The van der Waals surface area contributed by atoms with Gasteiger partial charge in [0.05, 0.1) is 6.54 Å². The molecule has 10 heteroatoms. The van der Waals surface area contributed by atoms with Crippen molar-refractivity contribution in [2.75, 3.05) is 37.9 Å². The van der Waals surface area contributed by atoms with Gasteiger partial charge in [-0.3, -0.25) is 14.2 Å². The first-order valence-electron chi connectivity index (χ1n) is 11.9. The van der Waals surface area contributed by atoms with Crippen molar-refractivity contribution in [1.82, 2.24) is 19.4 Å². The molecule has 0 saturated carbocycles. The second kappa shape index (κ2) is 8.90. The highest BCUT2D eigenvalue weighted by molar-refractivity contribution is 7.22. The lowest BCUT2D eigenvalue weighted by Crippen LogP contribution is -2.44. The number of anilines is 1. The van der Waals surface area contributed by atoms with E-state index in [-0.39, 0.29) is 18.3 Å². The van der Waals surface area contributed by atoms with E-state index in [1.54, 1.807) is 10.9 Å². The molecule has 6 rings (SSSR count). The first-order valence-corrected chi connectivity index (χ1v) is 12.8. The summed E-state index contributed by atoms with van der Waals surface area (Å²) in [6, 6.07) is 5.68. The lowest BCUT2D eigenvalue weighted by molar-refractivity contribution is -0.137. The van der Waals surface area contributed by atoms with Crippen LogP contribution in [-0.4, -0.2) is 58.3 Å². The number of benzene rings is 1. The summed E-state index contributed by atoms with van der Waals surface area (Å²) in [7, 11) is 0. The van der Waals surface area contributed by atoms with Gasteiger partial charge in [0.25, 0.3) is 5.56 Å². The summed E-state index contributed by atoms with van der Waals surface area (Å²) in [5.41, 5.74) is 1.33. The lowest BCUT2D eigenvalue weighted by atomic mass is 9.94. The van der Waals surface area contributed by atoms with Gasteiger partial charge in [0, 0.05) is 32.1 Å². The fraction of sp³-hybridized carbons (Fsp3) is 0.500. The average Bonchev–Trinajstić information content (AvgIpc) is 3.53. The highest BCUT2D eigenvalue weighted by atomic mass is 32.1. The molecule has 2 fully saturated rings. The minimum atomic E-state index is -0.0958. The van der Waals surface area contributed by atoms with E-state index in [1.807, 2.05) is 23.1 Å². The molecule has 0 atom stereocenters. The molecule has 2 aromatic heterocycles. The van der Waals surface area contributed by atoms with Gasteiger partial charge in [-0.25, -0.2) is 4.98 Å². The average molecular weight is 482 g/mol. The zero-order chi connectivity index (χ0) is 23.1. The van der Waals surface area contributed by atoms with Crippen LogP contribution in [0.5, 0.6) is 11.5 Å². The van der Waals surface area contributed by atoms with E-state index >= 15 is 0 Å². The van der Waals surface area contributed by atoms with Gasteiger partial charge in [0.15, 0.2) is 22.3 Å². The van der Waals surface area contributed by atoms with Crippen molar-refractivity contribution in [2.45, 2.75) is 38.6 Å². The topological polar surface area (TPSA) is 89.8 Å². The molecule has 1 aromatic carbocycles. The second-order valence-electron chi connectivity index (χ2n) is 9.16. The first-order chi connectivity index (χ1) is 16.7. The number of hydrogen-bond acceptors (Lipinski definition) is 8. The molecule has 0 spiro atoms. The Morgan fingerprint density at radius 1 is 1.06 bits per heavy atom. The third kappa shape index (κ3) is 4.00. The van der Waals surface area contributed by atoms with Crippen molar-refractivity contribution < 1.29 is 14.3 Å². The van der Waals surface area contributed by atoms with Gasteiger partial charge in [-0.2, -0.15) is 4.98 Å². The Labute approximate surface area is 200 Å². The zero-order valence-electron chi connectivity index (χ0n) is 18.9. The fourth-order valence-corrected chi connectivity index (χ4v) is 6.03. The summed E-state index contributed by atoms with van der Waals surface area (Å²) in [6.45, 7) is 3.97. The number of rotatable bonds is 4. The molecule has 5 heterocycles. The standard InChI is InChI=1S/C24H27N5O4S/c30-22(27-8-2-1-3-9-27)17-6-10-28(11-7-17)24-26-21-20(34-24)23(31)29(14-25-21)13-16-4-5-18-19(12-16)33-15-32-18/h4-5,12,14,17H,1-3,6-11,13,15H2. The van der Waals surface area contributed by atoms with Gasteiger partial charge in [0.1, 0.15) is 11.0 Å². The van der Waals surface area contributed by atoms with Gasteiger partial charge >= 0.3 is 0 Å². The van der Waals surface area contributed by atoms with E-state index in [0.717, 1.165) is 68.3 Å². The number of fused-ring (bicyclic) bond motifs is 2. The molecule has 0 N–H and O–H groups in total. The maximum absolute atomic E-state index is 13.1. The third-order valence-corrected chi connectivity index (χ3v) is 8.04. The number of ether oxygens (including phenoxy) is 2. The van der Waals surface area contributed by atoms with Gasteiger partial charge in [-0.05, 0) is 49.8 Å². The Morgan fingerprint density at radius 3 is 2.68 bits per heavy atom. The largest absolute Gasteiger partial charge is 0.454 e. The van der Waals surface area contributed by atoms with Crippen LogP contribution in [0.4, 0.5) is 5.13 Å². The molecular formula is C24H27N5O4S. The van der Waals surface area contributed by atoms with Crippen molar-refractivity contribution >= 4 is 32.7 Å². The summed E-state index contributed by atoms with van der Waals surface area (Å²) in [6.07, 6.45) is 6.68.